The summed E-state index contributed by atoms with van der Waals surface area (Å²) in [7, 11) is 0. The highest BCUT2D eigenvalue weighted by molar-refractivity contribution is 5.64. The molecule has 1 nitrogen and oxygen atoms in total. The van der Waals surface area contributed by atoms with Gasteiger partial charge in [0, 0.05) is 5.56 Å². The third-order valence-corrected chi connectivity index (χ3v) is 3.01. The lowest BCUT2D eigenvalue weighted by atomic mass is 10.0. The fourth-order valence-electron chi connectivity index (χ4n) is 1.90. The van der Waals surface area contributed by atoms with E-state index in [2.05, 4.69) is 11.8 Å². The minimum Gasteiger partial charge on any atom is -0.380 e. The van der Waals surface area contributed by atoms with Gasteiger partial charge in [-0.15, -0.1) is 0 Å². The molecule has 0 radical (unpaired) electrons. The predicted octanol–water partition coefficient (Wildman–Crippen LogP) is 4.01. The van der Waals surface area contributed by atoms with E-state index >= 15 is 0 Å². The van der Waals surface area contributed by atoms with E-state index in [9.17, 15) is 9.50 Å². The molecule has 2 aromatic rings. The van der Waals surface area contributed by atoms with E-state index in [4.69, 9.17) is 0 Å². The molecule has 0 saturated heterocycles. The number of aliphatic hydroxyl groups is 1. The molecule has 1 N–H and O–H groups in total. The van der Waals surface area contributed by atoms with Crippen molar-refractivity contribution in [2.75, 3.05) is 0 Å². The van der Waals surface area contributed by atoms with Crippen LogP contribution in [0.25, 0.3) is 11.1 Å². The molecule has 0 aromatic heterocycles. The molecule has 0 aliphatic heterocycles. The number of hydrogen-bond donors (Lipinski definition) is 1. The first-order chi connectivity index (χ1) is 9.69. The lowest BCUT2D eigenvalue weighted by Gasteiger charge is -2.02. The Morgan fingerprint density at radius 2 is 1.55 bits per heavy atom. The Morgan fingerprint density at radius 1 is 1.00 bits per heavy atom. The van der Waals surface area contributed by atoms with Gasteiger partial charge in [-0.05, 0) is 41.8 Å². The summed E-state index contributed by atoms with van der Waals surface area (Å²) in [5.41, 5.74) is 2.85. The highest BCUT2D eigenvalue weighted by Crippen LogP contribution is 2.19. The first-order valence-corrected chi connectivity index (χ1v) is 6.74. The van der Waals surface area contributed by atoms with Crippen molar-refractivity contribution in [1.82, 2.24) is 0 Å². The highest BCUT2D eigenvalue weighted by atomic mass is 19.1. The van der Waals surface area contributed by atoms with E-state index in [0.717, 1.165) is 23.1 Å². The summed E-state index contributed by atoms with van der Waals surface area (Å²) in [5.74, 6) is 5.54. The highest BCUT2D eigenvalue weighted by Gasteiger charge is 1.98. The van der Waals surface area contributed by atoms with E-state index in [1.165, 1.54) is 12.1 Å². The first-order valence-electron chi connectivity index (χ1n) is 6.74. The fraction of sp³-hybridized carbons (Fsp3) is 0.222. The SMILES string of the molecule is CCCC(O)C#Cc1ccc(-c2ccc(F)cc2)cc1. The summed E-state index contributed by atoms with van der Waals surface area (Å²) < 4.78 is 12.9. The Kier molecular flexibility index (Phi) is 4.92. The van der Waals surface area contributed by atoms with Crippen molar-refractivity contribution >= 4 is 0 Å². The molecule has 2 aromatic carbocycles. The average Bonchev–Trinajstić information content (AvgIpc) is 2.47. The monoisotopic (exact) mass is 268 g/mol. The molecule has 0 spiro atoms. The van der Waals surface area contributed by atoms with Crippen LogP contribution in [0.15, 0.2) is 48.5 Å². The Labute approximate surface area is 119 Å². The molecule has 0 aliphatic carbocycles. The van der Waals surface area contributed by atoms with Gasteiger partial charge in [0.25, 0.3) is 0 Å². The van der Waals surface area contributed by atoms with Gasteiger partial charge >= 0.3 is 0 Å². The standard InChI is InChI=1S/C18H17FO/c1-2-3-18(20)13-6-14-4-7-15(8-5-14)16-9-11-17(19)12-10-16/h4-5,7-12,18,20H,2-3H2,1H3. The van der Waals surface area contributed by atoms with Crippen LogP contribution in [0.2, 0.25) is 0 Å². The summed E-state index contributed by atoms with van der Waals surface area (Å²) in [6, 6.07) is 14.1. The van der Waals surface area contributed by atoms with Gasteiger partial charge in [0.1, 0.15) is 11.9 Å². The van der Waals surface area contributed by atoms with Crippen molar-refractivity contribution in [2.45, 2.75) is 25.9 Å². The van der Waals surface area contributed by atoms with Gasteiger partial charge in [-0.25, -0.2) is 4.39 Å². The van der Waals surface area contributed by atoms with Crippen molar-refractivity contribution in [3.63, 3.8) is 0 Å². The Balaban J connectivity index is 2.12. The van der Waals surface area contributed by atoms with Crippen LogP contribution in [0.3, 0.4) is 0 Å². The topological polar surface area (TPSA) is 20.2 Å². The molecule has 20 heavy (non-hydrogen) atoms. The van der Waals surface area contributed by atoms with E-state index < -0.39 is 6.10 Å². The average molecular weight is 268 g/mol. The van der Waals surface area contributed by atoms with Crippen molar-refractivity contribution in [2.24, 2.45) is 0 Å². The van der Waals surface area contributed by atoms with E-state index in [-0.39, 0.29) is 5.82 Å². The minimum absolute atomic E-state index is 0.235. The number of rotatable bonds is 3. The van der Waals surface area contributed by atoms with Gasteiger partial charge in [-0.1, -0.05) is 49.5 Å². The van der Waals surface area contributed by atoms with Gasteiger partial charge in [-0.3, -0.25) is 0 Å². The van der Waals surface area contributed by atoms with E-state index in [1.807, 2.05) is 31.2 Å². The van der Waals surface area contributed by atoms with Gasteiger partial charge < -0.3 is 5.11 Å². The molecule has 0 aliphatic rings. The molecule has 0 saturated carbocycles. The Hall–Kier alpha value is -2.11. The molecule has 0 amide bonds. The van der Waals surface area contributed by atoms with Crippen LogP contribution in [0.1, 0.15) is 25.3 Å². The van der Waals surface area contributed by atoms with Crippen LogP contribution in [0.5, 0.6) is 0 Å². The summed E-state index contributed by atoms with van der Waals surface area (Å²) in [6.07, 6.45) is 1.05. The zero-order chi connectivity index (χ0) is 14.4. The van der Waals surface area contributed by atoms with Crippen LogP contribution < -0.4 is 0 Å². The second kappa shape index (κ2) is 6.88. The normalized spacial score (nSPS) is 11.6. The van der Waals surface area contributed by atoms with Crippen LogP contribution >= 0.6 is 0 Å². The van der Waals surface area contributed by atoms with Gasteiger partial charge in [0.05, 0.1) is 0 Å². The zero-order valence-electron chi connectivity index (χ0n) is 11.4. The molecular formula is C18H17FO. The molecule has 0 heterocycles. The fourth-order valence-corrected chi connectivity index (χ4v) is 1.90. The number of hydrogen-bond acceptors (Lipinski definition) is 1. The van der Waals surface area contributed by atoms with Crippen molar-refractivity contribution < 1.29 is 9.50 Å². The molecule has 2 rings (SSSR count). The molecule has 102 valence electrons. The quantitative estimate of drug-likeness (QED) is 0.834. The number of halogens is 1. The third-order valence-electron chi connectivity index (χ3n) is 3.01. The molecule has 0 fully saturated rings. The van der Waals surface area contributed by atoms with Crippen LogP contribution in [-0.2, 0) is 0 Å². The van der Waals surface area contributed by atoms with Gasteiger partial charge in [0.2, 0.25) is 0 Å². The maximum Gasteiger partial charge on any atom is 0.123 e. The summed E-state index contributed by atoms with van der Waals surface area (Å²) >= 11 is 0. The van der Waals surface area contributed by atoms with Crippen molar-refractivity contribution in [3.05, 3.63) is 59.9 Å². The van der Waals surface area contributed by atoms with E-state index in [0.29, 0.717) is 6.42 Å². The van der Waals surface area contributed by atoms with E-state index in [1.54, 1.807) is 12.1 Å². The zero-order valence-corrected chi connectivity index (χ0v) is 11.4. The molecule has 1 unspecified atom stereocenters. The first kappa shape index (κ1) is 14.3. The lowest BCUT2D eigenvalue weighted by Crippen LogP contribution is -2.00. The minimum atomic E-state index is -0.559. The Morgan fingerprint density at radius 3 is 2.10 bits per heavy atom. The van der Waals surface area contributed by atoms with Crippen molar-refractivity contribution in [1.29, 1.82) is 0 Å². The summed E-state index contributed by atoms with van der Waals surface area (Å²) in [4.78, 5) is 0. The number of benzene rings is 2. The summed E-state index contributed by atoms with van der Waals surface area (Å²) in [5, 5.41) is 9.56. The molecule has 2 heteroatoms. The van der Waals surface area contributed by atoms with Gasteiger partial charge in [0.15, 0.2) is 0 Å². The maximum absolute atomic E-state index is 12.9. The van der Waals surface area contributed by atoms with Crippen LogP contribution in [0.4, 0.5) is 4.39 Å². The van der Waals surface area contributed by atoms with Crippen LogP contribution in [0, 0.1) is 17.7 Å². The maximum atomic E-state index is 12.9. The molecule has 1 atom stereocenters. The molecule has 0 bridgehead atoms. The summed E-state index contributed by atoms with van der Waals surface area (Å²) in [6.45, 7) is 2.02. The largest absolute Gasteiger partial charge is 0.380 e. The van der Waals surface area contributed by atoms with Gasteiger partial charge in [-0.2, -0.15) is 0 Å². The second-order valence-electron chi connectivity index (χ2n) is 4.66. The van der Waals surface area contributed by atoms with Crippen molar-refractivity contribution in [3.8, 4) is 23.0 Å². The second-order valence-corrected chi connectivity index (χ2v) is 4.66. The lowest BCUT2D eigenvalue weighted by molar-refractivity contribution is 0.221. The molecular weight excluding hydrogens is 251 g/mol. The van der Waals surface area contributed by atoms with Crippen LogP contribution in [-0.4, -0.2) is 11.2 Å². The third kappa shape index (κ3) is 3.94. The predicted molar refractivity (Wildman–Crippen MR) is 79.6 cm³/mol. The number of aliphatic hydroxyl groups excluding tert-OH is 1. The Bertz CT molecular complexity index is 603. The smallest absolute Gasteiger partial charge is 0.123 e.